The number of fused-ring (bicyclic) bond motifs is 1. The Labute approximate surface area is 148 Å². The van der Waals surface area contributed by atoms with E-state index in [4.69, 9.17) is 16.3 Å². The number of nitrogens with one attached hydrogen (secondary N) is 1. The standard InChI is InChI=1S/C18H16ClN3O3/c19-13-5-1-4-8-16(13)25-12-9-21(10-12)17(23)11-22-15-7-3-2-6-14(15)20-18(22)24/h1-8,12H,9-11H2,(H,20,24). The lowest BCUT2D eigenvalue weighted by atomic mass is 10.1. The van der Waals surface area contributed by atoms with Crippen LogP contribution in [0.15, 0.2) is 53.3 Å². The third-order valence-electron chi connectivity index (χ3n) is 4.31. The number of hydrogen-bond acceptors (Lipinski definition) is 3. The maximum atomic E-state index is 12.4. The highest BCUT2D eigenvalue weighted by molar-refractivity contribution is 6.32. The maximum absolute atomic E-state index is 12.4. The van der Waals surface area contributed by atoms with Crippen molar-refractivity contribution in [3.8, 4) is 5.75 Å². The summed E-state index contributed by atoms with van der Waals surface area (Å²) in [6.07, 6.45) is -0.0801. The number of likely N-dealkylation sites (tertiary alicyclic amines) is 1. The van der Waals surface area contributed by atoms with Crippen LogP contribution in [-0.2, 0) is 11.3 Å². The zero-order valence-electron chi connectivity index (χ0n) is 13.3. The van der Waals surface area contributed by atoms with Gasteiger partial charge < -0.3 is 14.6 Å². The molecule has 1 aliphatic heterocycles. The van der Waals surface area contributed by atoms with Crippen LogP contribution in [0.1, 0.15) is 0 Å². The van der Waals surface area contributed by atoms with Gasteiger partial charge in [0.05, 0.1) is 29.1 Å². The van der Waals surface area contributed by atoms with Gasteiger partial charge in [-0.05, 0) is 24.3 Å². The second kappa shape index (κ2) is 6.29. The number of rotatable bonds is 4. The Bertz CT molecular complexity index is 988. The van der Waals surface area contributed by atoms with Gasteiger partial charge in [0.2, 0.25) is 5.91 Å². The molecule has 3 aromatic rings. The summed E-state index contributed by atoms with van der Waals surface area (Å²) in [4.78, 5) is 28.9. The number of nitrogens with zero attached hydrogens (tertiary/aromatic N) is 2. The summed E-state index contributed by atoms with van der Waals surface area (Å²) in [7, 11) is 0. The van der Waals surface area contributed by atoms with Crippen LogP contribution in [0.3, 0.4) is 0 Å². The van der Waals surface area contributed by atoms with E-state index in [0.29, 0.717) is 23.9 Å². The SMILES string of the molecule is O=C(Cn1c(=O)[nH]c2ccccc21)N1CC(Oc2ccccc2Cl)C1. The van der Waals surface area contributed by atoms with E-state index in [1.807, 2.05) is 36.4 Å². The average Bonchev–Trinajstić information content (AvgIpc) is 2.88. The molecule has 6 nitrogen and oxygen atoms in total. The van der Waals surface area contributed by atoms with Gasteiger partial charge in [-0.3, -0.25) is 9.36 Å². The number of carbonyl (C=O) groups is 1. The first-order valence-corrected chi connectivity index (χ1v) is 8.36. The predicted octanol–water partition coefficient (Wildman–Crippen LogP) is 2.27. The fraction of sp³-hybridized carbons (Fsp3) is 0.222. The van der Waals surface area contributed by atoms with Crippen molar-refractivity contribution in [2.24, 2.45) is 0 Å². The number of para-hydroxylation sites is 3. The van der Waals surface area contributed by atoms with Gasteiger partial charge in [0.25, 0.3) is 0 Å². The van der Waals surface area contributed by atoms with Crippen LogP contribution in [0.2, 0.25) is 5.02 Å². The number of ether oxygens (including phenoxy) is 1. The topological polar surface area (TPSA) is 67.3 Å². The smallest absolute Gasteiger partial charge is 0.326 e. The number of imidazole rings is 1. The Morgan fingerprint density at radius 3 is 2.68 bits per heavy atom. The zero-order chi connectivity index (χ0) is 17.4. The quantitative estimate of drug-likeness (QED) is 0.779. The summed E-state index contributed by atoms with van der Waals surface area (Å²) < 4.78 is 7.25. The molecule has 25 heavy (non-hydrogen) atoms. The Morgan fingerprint density at radius 2 is 1.88 bits per heavy atom. The highest BCUT2D eigenvalue weighted by Crippen LogP contribution is 2.26. The summed E-state index contributed by atoms with van der Waals surface area (Å²) in [5.74, 6) is 0.514. The molecule has 128 valence electrons. The molecule has 1 amide bonds. The number of aromatic nitrogens is 2. The number of carbonyl (C=O) groups excluding carboxylic acids is 1. The molecule has 1 aromatic heterocycles. The normalized spacial score (nSPS) is 14.5. The molecule has 0 saturated carbocycles. The van der Waals surface area contributed by atoms with Crippen molar-refractivity contribution in [1.82, 2.24) is 14.5 Å². The van der Waals surface area contributed by atoms with Crippen molar-refractivity contribution in [2.45, 2.75) is 12.6 Å². The fourth-order valence-electron chi connectivity index (χ4n) is 2.94. The van der Waals surface area contributed by atoms with Gasteiger partial charge in [0.15, 0.2) is 0 Å². The van der Waals surface area contributed by atoms with E-state index in [1.54, 1.807) is 17.0 Å². The second-order valence-electron chi connectivity index (χ2n) is 6.00. The van der Waals surface area contributed by atoms with Crippen LogP contribution >= 0.6 is 11.6 Å². The Kier molecular flexibility index (Phi) is 3.97. The lowest BCUT2D eigenvalue weighted by Crippen LogP contribution is -2.57. The van der Waals surface area contributed by atoms with Crippen molar-refractivity contribution in [3.05, 3.63) is 64.0 Å². The first-order valence-electron chi connectivity index (χ1n) is 7.98. The van der Waals surface area contributed by atoms with E-state index in [9.17, 15) is 9.59 Å². The lowest BCUT2D eigenvalue weighted by molar-refractivity contribution is -0.140. The second-order valence-corrected chi connectivity index (χ2v) is 6.41. The lowest BCUT2D eigenvalue weighted by Gasteiger charge is -2.39. The van der Waals surface area contributed by atoms with Crippen molar-refractivity contribution in [2.75, 3.05) is 13.1 Å². The molecule has 1 fully saturated rings. The molecule has 2 heterocycles. The number of H-pyrrole nitrogens is 1. The van der Waals surface area contributed by atoms with Crippen molar-refractivity contribution >= 4 is 28.5 Å². The molecule has 1 aliphatic rings. The first kappa shape index (κ1) is 15.8. The monoisotopic (exact) mass is 357 g/mol. The molecule has 0 radical (unpaired) electrons. The highest BCUT2D eigenvalue weighted by atomic mass is 35.5. The third-order valence-corrected chi connectivity index (χ3v) is 4.62. The van der Waals surface area contributed by atoms with E-state index in [0.717, 1.165) is 11.0 Å². The van der Waals surface area contributed by atoms with Gasteiger partial charge in [-0.25, -0.2) is 4.79 Å². The van der Waals surface area contributed by atoms with Crippen molar-refractivity contribution in [3.63, 3.8) is 0 Å². The highest BCUT2D eigenvalue weighted by Gasteiger charge is 2.32. The Morgan fingerprint density at radius 1 is 1.16 bits per heavy atom. The van der Waals surface area contributed by atoms with E-state index in [1.165, 1.54) is 4.57 Å². The molecule has 2 aromatic carbocycles. The van der Waals surface area contributed by atoms with Gasteiger partial charge >= 0.3 is 5.69 Å². The molecule has 1 saturated heterocycles. The van der Waals surface area contributed by atoms with Crippen LogP contribution in [0, 0.1) is 0 Å². The van der Waals surface area contributed by atoms with Crippen molar-refractivity contribution in [1.29, 1.82) is 0 Å². The molecule has 0 spiro atoms. The Balaban J connectivity index is 1.40. The average molecular weight is 358 g/mol. The number of benzene rings is 2. The molecule has 7 heteroatoms. The minimum Gasteiger partial charge on any atom is -0.485 e. The third kappa shape index (κ3) is 3.00. The Hall–Kier alpha value is -2.73. The van der Waals surface area contributed by atoms with Crippen LogP contribution in [-0.4, -0.2) is 39.6 Å². The van der Waals surface area contributed by atoms with E-state index in [-0.39, 0.29) is 24.2 Å². The molecule has 0 atom stereocenters. The first-order chi connectivity index (χ1) is 12.1. The van der Waals surface area contributed by atoms with Crippen LogP contribution in [0.5, 0.6) is 5.75 Å². The minimum atomic E-state index is -0.279. The van der Waals surface area contributed by atoms with Crippen LogP contribution in [0.4, 0.5) is 0 Å². The van der Waals surface area contributed by atoms with E-state index >= 15 is 0 Å². The summed E-state index contributed by atoms with van der Waals surface area (Å²) in [6, 6.07) is 14.6. The van der Waals surface area contributed by atoms with E-state index < -0.39 is 0 Å². The van der Waals surface area contributed by atoms with Gasteiger partial charge in [-0.15, -0.1) is 0 Å². The predicted molar refractivity (Wildman–Crippen MR) is 95.0 cm³/mol. The van der Waals surface area contributed by atoms with Gasteiger partial charge in [0.1, 0.15) is 18.4 Å². The number of hydrogen-bond donors (Lipinski definition) is 1. The number of halogens is 1. The summed E-state index contributed by atoms with van der Waals surface area (Å²) in [5.41, 5.74) is 1.17. The van der Waals surface area contributed by atoms with Crippen molar-refractivity contribution < 1.29 is 9.53 Å². The molecular weight excluding hydrogens is 342 g/mol. The zero-order valence-corrected chi connectivity index (χ0v) is 14.1. The summed E-state index contributed by atoms with van der Waals surface area (Å²) in [5, 5.41) is 0.553. The molecular formula is C18H16ClN3O3. The number of aromatic amines is 1. The largest absolute Gasteiger partial charge is 0.485 e. The van der Waals surface area contributed by atoms with Gasteiger partial charge in [-0.1, -0.05) is 35.9 Å². The molecule has 0 aliphatic carbocycles. The summed E-state index contributed by atoms with van der Waals surface area (Å²) >= 11 is 6.07. The molecule has 0 bridgehead atoms. The molecule has 1 N–H and O–H groups in total. The van der Waals surface area contributed by atoms with Crippen LogP contribution in [0.25, 0.3) is 11.0 Å². The minimum absolute atomic E-state index is 0.0155. The maximum Gasteiger partial charge on any atom is 0.326 e. The fourth-order valence-corrected chi connectivity index (χ4v) is 3.12. The van der Waals surface area contributed by atoms with Gasteiger partial charge in [-0.2, -0.15) is 0 Å². The molecule has 4 rings (SSSR count). The summed E-state index contributed by atoms with van der Waals surface area (Å²) in [6.45, 7) is 0.990. The van der Waals surface area contributed by atoms with Crippen LogP contribution < -0.4 is 10.4 Å². The van der Waals surface area contributed by atoms with E-state index in [2.05, 4.69) is 4.98 Å². The molecule has 0 unspecified atom stereocenters. The van der Waals surface area contributed by atoms with Gasteiger partial charge in [0, 0.05) is 0 Å². The number of amides is 1.